The van der Waals surface area contributed by atoms with Gasteiger partial charge in [-0.25, -0.2) is 0 Å². The third kappa shape index (κ3) is 1.47. The van der Waals surface area contributed by atoms with E-state index in [1.807, 2.05) is 13.8 Å². The highest BCUT2D eigenvalue weighted by molar-refractivity contribution is 6.03. The lowest BCUT2D eigenvalue weighted by atomic mass is 9.80. The standard InChI is InChI=1S/C11H16O3/c1-7-5-11(9(3)12,6-8(7)2)10(13)14-4/h5-6H2,1-4H3. The quantitative estimate of drug-likeness (QED) is 0.384. The Labute approximate surface area is 84.1 Å². The van der Waals surface area contributed by atoms with Gasteiger partial charge < -0.3 is 4.74 Å². The number of allylic oxidation sites excluding steroid dienone is 2. The predicted octanol–water partition coefficient (Wildman–Crippen LogP) is 1.86. The summed E-state index contributed by atoms with van der Waals surface area (Å²) in [7, 11) is 1.33. The fourth-order valence-electron chi connectivity index (χ4n) is 2.00. The lowest BCUT2D eigenvalue weighted by Gasteiger charge is -2.23. The van der Waals surface area contributed by atoms with Crippen LogP contribution in [0, 0.1) is 5.41 Å². The third-order valence-electron chi connectivity index (χ3n) is 3.11. The van der Waals surface area contributed by atoms with Crippen molar-refractivity contribution < 1.29 is 14.3 Å². The summed E-state index contributed by atoms with van der Waals surface area (Å²) < 4.78 is 4.71. The van der Waals surface area contributed by atoms with Crippen molar-refractivity contribution in [2.24, 2.45) is 5.41 Å². The number of rotatable bonds is 2. The van der Waals surface area contributed by atoms with Crippen LogP contribution in [0.5, 0.6) is 0 Å². The summed E-state index contributed by atoms with van der Waals surface area (Å²) in [5.74, 6) is -0.498. The number of hydrogen-bond donors (Lipinski definition) is 0. The second-order valence-corrected chi connectivity index (χ2v) is 4.04. The minimum absolute atomic E-state index is 0.0967. The van der Waals surface area contributed by atoms with Crippen molar-refractivity contribution in [3.63, 3.8) is 0 Å². The maximum Gasteiger partial charge on any atom is 0.320 e. The highest BCUT2D eigenvalue weighted by Crippen LogP contribution is 2.43. The molecular formula is C11H16O3. The maximum absolute atomic E-state index is 11.6. The molecule has 0 bridgehead atoms. The van der Waals surface area contributed by atoms with Crippen LogP contribution in [0.3, 0.4) is 0 Å². The van der Waals surface area contributed by atoms with E-state index in [9.17, 15) is 9.59 Å². The summed E-state index contributed by atoms with van der Waals surface area (Å²) in [5.41, 5.74) is 1.33. The lowest BCUT2D eigenvalue weighted by molar-refractivity contribution is -0.156. The Kier molecular flexibility index (Phi) is 2.79. The van der Waals surface area contributed by atoms with Gasteiger partial charge in [-0.2, -0.15) is 0 Å². The van der Waals surface area contributed by atoms with Gasteiger partial charge in [0, 0.05) is 0 Å². The summed E-state index contributed by atoms with van der Waals surface area (Å²) in [4.78, 5) is 23.1. The number of Topliss-reactive ketones (excluding diaryl/α,β-unsaturated/α-hetero) is 1. The molecule has 3 heteroatoms. The van der Waals surface area contributed by atoms with E-state index in [1.54, 1.807) is 0 Å². The number of methoxy groups -OCH3 is 1. The van der Waals surface area contributed by atoms with Gasteiger partial charge in [0.05, 0.1) is 7.11 Å². The second-order valence-electron chi connectivity index (χ2n) is 4.04. The monoisotopic (exact) mass is 196 g/mol. The highest BCUT2D eigenvalue weighted by Gasteiger charge is 2.48. The van der Waals surface area contributed by atoms with Gasteiger partial charge in [-0.1, -0.05) is 11.1 Å². The number of ether oxygens (including phenoxy) is 1. The first kappa shape index (κ1) is 11.0. The number of ketones is 1. The van der Waals surface area contributed by atoms with Gasteiger partial charge in [-0.3, -0.25) is 9.59 Å². The van der Waals surface area contributed by atoms with Gasteiger partial charge in [0.1, 0.15) is 11.2 Å². The van der Waals surface area contributed by atoms with Crippen LogP contribution in [-0.2, 0) is 14.3 Å². The number of carbonyl (C=O) groups excluding carboxylic acids is 2. The number of hydrogen-bond acceptors (Lipinski definition) is 3. The Balaban J connectivity index is 3.02. The van der Waals surface area contributed by atoms with Gasteiger partial charge in [0.15, 0.2) is 0 Å². The maximum atomic E-state index is 11.6. The molecule has 0 amide bonds. The van der Waals surface area contributed by atoms with Gasteiger partial charge >= 0.3 is 5.97 Å². The highest BCUT2D eigenvalue weighted by atomic mass is 16.5. The molecule has 0 N–H and O–H groups in total. The molecular weight excluding hydrogens is 180 g/mol. The Morgan fingerprint density at radius 2 is 1.64 bits per heavy atom. The number of carbonyl (C=O) groups is 2. The summed E-state index contributed by atoms with van der Waals surface area (Å²) >= 11 is 0. The molecule has 0 unspecified atom stereocenters. The molecule has 0 radical (unpaired) electrons. The van der Waals surface area contributed by atoms with Crippen molar-refractivity contribution in [3.05, 3.63) is 11.1 Å². The molecule has 0 spiro atoms. The molecule has 0 aromatic heterocycles. The molecule has 14 heavy (non-hydrogen) atoms. The second kappa shape index (κ2) is 3.56. The van der Waals surface area contributed by atoms with Crippen LogP contribution < -0.4 is 0 Å². The van der Waals surface area contributed by atoms with E-state index in [0.29, 0.717) is 12.8 Å². The predicted molar refractivity (Wildman–Crippen MR) is 52.7 cm³/mol. The van der Waals surface area contributed by atoms with Gasteiger partial charge in [-0.05, 0) is 33.6 Å². The topological polar surface area (TPSA) is 43.4 Å². The molecule has 0 atom stereocenters. The zero-order chi connectivity index (χ0) is 10.9. The van der Waals surface area contributed by atoms with E-state index in [0.717, 1.165) is 11.1 Å². The zero-order valence-electron chi connectivity index (χ0n) is 9.14. The first-order chi connectivity index (χ1) is 6.44. The van der Waals surface area contributed by atoms with Crippen LogP contribution >= 0.6 is 0 Å². The van der Waals surface area contributed by atoms with E-state index in [-0.39, 0.29) is 5.78 Å². The van der Waals surface area contributed by atoms with Crippen LogP contribution in [0.2, 0.25) is 0 Å². The Bertz CT molecular complexity index is 298. The van der Waals surface area contributed by atoms with E-state index in [4.69, 9.17) is 4.74 Å². The summed E-state index contributed by atoms with van der Waals surface area (Å²) in [6.07, 6.45) is 1.03. The van der Waals surface area contributed by atoms with Crippen LogP contribution in [0.25, 0.3) is 0 Å². The third-order valence-corrected chi connectivity index (χ3v) is 3.11. The summed E-state index contributed by atoms with van der Waals surface area (Å²) in [6, 6.07) is 0. The lowest BCUT2D eigenvalue weighted by Crippen LogP contribution is -2.37. The average molecular weight is 196 g/mol. The molecule has 1 rings (SSSR count). The Morgan fingerprint density at radius 1 is 1.21 bits per heavy atom. The van der Waals surface area contributed by atoms with Crippen molar-refractivity contribution in [3.8, 4) is 0 Å². The molecule has 78 valence electrons. The van der Waals surface area contributed by atoms with Crippen LogP contribution in [-0.4, -0.2) is 18.9 Å². The minimum atomic E-state index is -0.928. The molecule has 0 fully saturated rings. The molecule has 0 aromatic carbocycles. The average Bonchev–Trinajstić information content (AvgIpc) is 2.43. The molecule has 0 saturated heterocycles. The van der Waals surface area contributed by atoms with Crippen LogP contribution in [0.1, 0.15) is 33.6 Å². The molecule has 3 nitrogen and oxygen atoms in total. The smallest absolute Gasteiger partial charge is 0.320 e. The van der Waals surface area contributed by atoms with Gasteiger partial charge in [0.25, 0.3) is 0 Å². The van der Waals surface area contributed by atoms with Crippen molar-refractivity contribution in [1.29, 1.82) is 0 Å². The molecule has 1 aliphatic carbocycles. The van der Waals surface area contributed by atoms with Crippen molar-refractivity contribution in [1.82, 2.24) is 0 Å². The molecule has 0 aromatic rings. The van der Waals surface area contributed by atoms with Crippen molar-refractivity contribution in [2.45, 2.75) is 33.6 Å². The van der Waals surface area contributed by atoms with Crippen molar-refractivity contribution in [2.75, 3.05) is 7.11 Å². The van der Waals surface area contributed by atoms with Gasteiger partial charge in [-0.15, -0.1) is 0 Å². The summed E-state index contributed by atoms with van der Waals surface area (Å²) in [6.45, 7) is 5.38. The Hall–Kier alpha value is -1.12. The van der Waals surface area contributed by atoms with Crippen molar-refractivity contribution >= 4 is 11.8 Å². The minimum Gasteiger partial charge on any atom is -0.468 e. The fraction of sp³-hybridized carbons (Fsp3) is 0.636. The molecule has 0 heterocycles. The van der Waals surface area contributed by atoms with E-state index in [1.165, 1.54) is 14.0 Å². The largest absolute Gasteiger partial charge is 0.468 e. The molecule has 0 saturated carbocycles. The van der Waals surface area contributed by atoms with Crippen LogP contribution in [0.15, 0.2) is 11.1 Å². The molecule has 1 aliphatic rings. The van der Waals surface area contributed by atoms with Crippen LogP contribution in [0.4, 0.5) is 0 Å². The first-order valence-electron chi connectivity index (χ1n) is 4.68. The van der Waals surface area contributed by atoms with Gasteiger partial charge in [0.2, 0.25) is 0 Å². The number of esters is 1. The first-order valence-corrected chi connectivity index (χ1v) is 4.68. The fourth-order valence-corrected chi connectivity index (χ4v) is 2.00. The molecule has 0 aliphatic heterocycles. The van der Waals surface area contributed by atoms with E-state index in [2.05, 4.69) is 0 Å². The van der Waals surface area contributed by atoms with E-state index >= 15 is 0 Å². The zero-order valence-corrected chi connectivity index (χ0v) is 9.14. The SMILES string of the molecule is COC(=O)C1(C(C)=O)CC(C)=C(C)C1. The van der Waals surface area contributed by atoms with E-state index < -0.39 is 11.4 Å². The summed E-state index contributed by atoms with van der Waals surface area (Å²) in [5, 5.41) is 0. The normalized spacial score (nSPS) is 19.7. The Morgan fingerprint density at radius 3 is 1.93 bits per heavy atom.